The van der Waals surface area contributed by atoms with Gasteiger partial charge in [0.05, 0.1) is 5.75 Å². The smallest absolute Gasteiger partial charge is 0.233 e. The normalized spacial score (nSPS) is 14.7. The molecule has 0 atom stereocenters. The maximum atomic E-state index is 14.0. The predicted molar refractivity (Wildman–Crippen MR) is 121 cm³/mol. The zero-order chi connectivity index (χ0) is 21.8. The van der Waals surface area contributed by atoms with Crippen LogP contribution in [0.25, 0.3) is 11.4 Å². The van der Waals surface area contributed by atoms with E-state index in [0.717, 1.165) is 5.56 Å². The van der Waals surface area contributed by atoms with Crippen molar-refractivity contribution in [1.29, 1.82) is 0 Å². The summed E-state index contributed by atoms with van der Waals surface area (Å²) in [5.41, 5.74) is 2.65. The van der Waals surface area contributed by atoms with Gasteiger partial charge in [-0.15, -0.1) is 5.10 Å². The molecular formula is C22H23ClFN5OS. The van der Waals surface area contributed by atoms with Crippen LogP contribution >= 0.6 is 23.4 Å². The van der Waals surface area contributed by atoms with E-state index in [1.54, 1.807) is 12.1 Å². The average Bonchev–Trinajstić information content (AvgIpc) is 3.25. The van der Waals surface area contributed by atoms with Crippen molar-refractivity contribution in [2.75, 3.05) is 31.9 Å². The van der Waals surface area contributed by atoms with E-state index in [1.807, 2.05) is 36.1 Å². The lowest BCUT2D eigenvalue weighted by Crippen LogP contribution is -2.48. The summed E-state index contributed by atoms with van der Waals surface area (Å²) >= 11 is 7.45. The molecule has 3 aromatic rings. The molecule has 4 rings (SSSR count). The van der Waals surface area contributed by atoms with Crippen LogP contribution in [-0.2, 0) is 11.3 Å². The number of nitrogens with one attached hydrogen (secondary N) is 1. The highest BCUT2D eigenvalue weighted by Gasteiger charge is 2.23. The SMILES string of the molecule is Cc1ccc(-c2nc(SCC(=O)N3CCN(Cc4c(F)cccc4Cl)CC3)n[nH]2)cc1. The molecule has 0 aliphatic carbocycles. The summed E-state index contributed by atoms with van der Waals surface area (Å²) in [5, 5.41) is 8.12. The van der Waals surface area contributed by atoms with Crippen LogP contribution in [0, 0.1) is 12.7 Å². The van der Waals surface area contributed by atoms with E-state index in [2.05, 4.69) is 20.1 Å². The third-order valence-electron chi connectivity index (χ3n) is 5.28. The van der Waals surface area contributed by atoms with E-state index >= 15 is 0 Å². The lowest BCUT2D eigenvalue weighted by atomic mass is 10.1. The van der Waals surface area contributed by atoms with E-state index in [-0.39, 0.29) is 17.5 Å². The molecule has 0 radical (unpaired) electrons. The third kappa shape index (κ3) is 5.44. The van der Waals surface area contributed by atoms with Crippen molar-refractivity contribution in [3.63, 3.8) is 0 Å². The summed E-state index contributed by atoms with van der Waals surface area (Å²) in [4.78, 5) is 21.0. The molecule has 1 amide bonds. The number of thioether (sulfide) groups is 1. The number of aromatic amines is 1. The number of rotatable bonds is 6. The van der Waals surface area contributed by atoms with Crippen LogP contribution in [0.2, 0.25) is 5.02 Å². The summed E-state index contributed by atoms with van der Waals surface area (Å²) in [6.45, 7) is 5.05. The Labute approximate surface area is 189 Å². The molecule has 1 N–H and O–H groups in total. The molecule has 1 fully saturated rings. The second-order valence-electron chi connectivity index (χ2n) is 7.48. The van der Waals surface area contributed by atoms with Crippen molar-refractivity contribution in [3.05, 3.63) is 64.4 Å². The van der Waals surface area contributed by atoms with E-state index in [1.165, 1.54) is 23.4 Å². The Bertz CT molecular complexity index is 1030. The highest BCUT2D eigenvalue weighted by Crippen LogP contribution is 2.22. The molecule has 31 heavy (non-hydrogen) atoms. The number of halogens is 2. The molecule has 0 spiro atoms. The van der Waals surface area contributed by atoms with Crippen molar-refractivity contribution < 1.29 is 9.18 Å². The fraction of sp³-hybridized carbons (Fsp3) is 0.318. The van der Waals surface area contributed by atoms with Crippen molar-refractivity contribution in [2.45, 2.75) is 18.6 Å². The number of H-pyrrole nitrogens is 1. The van der Waals surface area contributed by atoms with E-state index in [4.69, 9.17) is 11.6 Å². The number of carbonyl (C=O) groups is 1. The zero-order valence-electron chi connectivity index (χ0n) is 17.1. The number of aryl methyl sites for hydroxylation is 1. The van der Waals surface area contributed by atoms with Gasteiger partial charge >= 0.3 is 0 Å². The molecule has 2 heterocycles. The number of piperazine rings is 1. The van der Waals surface area contributed by atoms with Gasteiger partial charge in [-0.25, -0.2) is 9.37 Å². The van der Waals surface area contributed by atoms with Crippen molar-refractivity contribution in [2.24, 2.45) is 0 Å². The predicted octanol–water partition coefficient (Wildman–Crippen LogP) is 4.01. The minimum Gasteiger partial charge on any atom is -0.339 e. The summed E-state index contributed by atoms with van der Waals surface area (Å²) in [7, 11) is 0. The Morgan fingerprint density at radius 2 is 1.90 bits per heavy atom. The molecular weight excluding hydrogens is 437 g/mol. The van der Waals surface area contributed by atoms with E-state index < -0.39 is 0 Å². The van der Waals surface area contributed by atoms with Gasteiger partial charge in [0.15, 0.2) is 5.82 Å². The first-order chi connectivity index (χ1) is 15.0. The first-order valence-corrected chi connectivity index (χ1v) is 11.4. The second-order valence-corrected chi connectivity index (χ2v) is 8.83. The van der Waals surface area contributed by atoms with Gasteiger partial charge in [0, 0.05) is 48.9 Å². The van der Waals surface area contributed by atoms with Gasteiger partial charge in [0.25, 0.3) is 0 Å². The van der Waals surface area contributed by atoms with E-state index in [9.17, 15) is 9.18 Å². The molecule has 0 unspecified atom stereocenters. The van der Waals surface area contributed by atoms with Crippen LogP contribution in [0.15, 0.2) is 47.6 Å². The number of hydrogen-bond acceptors (Lipinski definition) is 5. The maximum Gasteiger partial charge on any atom is 0.233 e. The summed E-state index contributed by atoms with van der Waals surface area (Å²) in [5.74, 6) is 0.731. The first kappa shape index (κ1) is 21.8. The van der Waals surface area contributed by atoms with Gasteiger partial charge in [-0.1, -0.05) is 59.3 Å². The number of aromatic nitrogens is 3. The largest absolute Gasteiger partial charge is 0.339 e. The highest BCUT2D eigenvalue weighted by atomic mass is 35.5. The molecule has 9 heteroatoms. The summed E-state index contributed by atoms with van der Waals surface area (Å²) < 4.78 is 14.0. The zero-order valence-corrected chi connectivity index (χ0v) is 18.7. The van der Waals surface area contributed by atoms with Gasteiger partial charge in [-0.2, -0.15) is 0 Å². The van der Waals surface area contributed by atoms with Gasteiger partial charge in [-0.05, 0) is 19.1 Å². The number of hydrogen-bond donors (Lipinski definition) is 1. The fourth-order valence-electron chi connectivity index (χ4n) is 3.43. The fourth-order valence-corrected chi connectivity index (χ4v) is 4.36. The summed E-state index contributed by atoms with van der Waals surface area (Å²) in [6, 6.07) is 12.7. The third-order valence-corrected chi connectivity index (χ3v) is 6.47. The Balaban J connectivity index is 1.25. The number of amides is 1. The molecule has 2 aromatic carbocycles. The molecule has 0 bridgehead atoms. The second kappa shape index (κ2) is 9.80. The van der Waals surface area contributed by atoms with Gasteiger partial charge in [-0.3, -0.25) is 14.8 Å². The quantitative estimate of drug-likeness (QED) is 0.564. The summed E-state index contributed by atoms with van der Waals surface area (Å²) in [6.07, 6.45) is 0. The van der Waals surface area contributed by atoms with Crippen LogP contribution in [-0.4, -0.2) is 62.8 Å². The van der Waals surface area contributed by atoms with Crippen LogP contribution in [0.5, 0.6) is 0 Å². The standard InChI is InChI=1S/C22H23ClFN5OS/c1-15-5-7-16(8-6-15)21-25-22(27-26-21)31-14-20(30)29-11-9-28(10-12-29)13-17-18(23)3-2-4-19(17)24/h2-8H,9-14H2,1H3,(H,25,26,27). The highest BCUT2D eigenvalue weighted by molar-refractivity contribution is 7.99. The van der Waals surface area contributed by atoms with Crippen molar-refractivity contribution in [1.82, 2.24) is 25.0 Å². The molecule has 162 valence electrons. The Morgan fingerprint density at radius 3 is 2.61 bits per heavy atom. The monoisotopic (exact) mass is 459 g/mol. The van der Waals surface area contributed by atoms with Crippen molar-refractivity contribution >= 4 is 29.3 Å². The first-order valence-electron chi connectivity index (χ1n) is 10.0. The van der Waals surface area contributed by atoms with Crippen LogP contribution in [0.4, 0.5) is 4.39 Å². The topological polar surface area (TPSA) is 65.1 Å². The average molecular weight is 460 g/mol. The number of carbonyl (C=O) groups excluding carboxylic acids is 1. The minimum atomic E-state index is -0.293. The molecule has 1 aromatic heterocycles. The van der Waals surface area contributed by atoms with Crippen LogP contribution in [0.1, 0.15) is 11.1 Å². The Kier molecular flexibility index (Phi) is 6.89. The molecule has 6 nitrogen and oxygen atoms in total. The van der Waals surface area contributed by atoms with E-state index in [0.29, 0.717) is 54.3 Å². The number of benzene rings is 2. The Hall–Kier alpha value is -2.42. The van der Waals surface area contributed by atoms with Gasteiger partial charge in [0.1, 0.15) is 5.82 Å². The molecule has 1 saturated heterocycles. The van der Waals surface area contributed by atoms with Crippen LogP contribution in [0.3, 0.4) is 0 Å². The minimum absolute atomic E-state index is 0.0512. The molecule has 1 aliphatic rings. The molecule has 0 saturated carbocycles. The van der Waals surface area contributed by atoms with Gasteiger partial charge in [0.2, 0.25) is 11.1 Å². The lowest BCUT2D eigenvalue weighted by Gasteiger charge is -2.34. The lowest BCUT2D eigenvalue weighted by molar-refractivity contribution is -0.130. The molecule has 1 aliphatic heterocycles. The van der Waals surface area contributed by atoms with Gasteiger partial charge < -0.3 is 4.90 Å². The maximum absolute atomic E-state index is 14.0. The number of nitrogens with zero attached hydrogens (tertiary/aromatic N) is 4. The van der Waals surface area contributed by atoms with Crippen LogP contribution < -0.4 is 0 Å². The van der Waals surface area contributed by atoms with Crippen molar-refractivity contribution in [3.8, 4) is 11.4 Å². The Morgan fingerprint density at radius 1 is 1.16 bits per heavy atom.